The first-order valence-corrected chi connectivity index (χ1v) is 8.35. The first-order valence-electron chi connectivity index (χ1n) is 8.35. The monoisotopic (exact) mass is 312 g/mol. The van der Waals surface area contributed by atoms with E-state index in [9.17, 15) is 10.2 Å². The zero-order valence-electron chi connectivity index (χ0n) is 15.1. The smallest absolute Gasteiger partial charge is 0.122 e. The zero-order chi connectivity index (χ0) is 17.3. The summed E-state index contributed by atoms with van der Waals surface area (Å²) in [5, 5.41) is 20.4. The van der Waals surface area contributed by atoms with Crippen LogP contribution in [0.15, 0.2) is 24.3 Å². The number of hydrogen-bond acceptors (Lipinski definition) is 2. The van der Waals surface area contributed by atoms with Gasteiger partial charge >= 0.3 is 0 Å². The molecule has 0 radical (unpaired) electrons. The van der Waals surface area contributed by atoms with Crippen LogP contribution >= 0.6 is 0 Å². The van der Waals surface area contributed by atoms with E-state index >= 15 is 0 Å². The molecule has 2 N–H and O–H groups in total. The molecule has 0 aliphatic carbocycles. The number of hydrogen-bond donors (Lipinski definition) is 2. The molecule has 0 unspecified atom stereocenters. The third-order valence-corrected chi connectivity index (χ3v) is 4.43. The normalized spacial score (nSPS) is 11.5. The SMILES string of the molecule is Cc1cc(Cc2cc(C(C)C)c(O)c(C(C)C)c2)cc(C)c1O. The molecule has 0 saturated heterocycles. The molecule has 0 heterocycles. The molecule has 124 valence electrons. The fourth-order valence-corrected chi connectivity index (χ4v) is 3.11. The van der Waals surface area contributed by atoms with Crippen LogP contribution in [0, 0.1) is 13.8 Å². The molecule has 0 saturated carbocycles. The lowest BCUT2D eigenvalue weighted by Gasteiger charge is -2.18. The van der Waals surface area contributed by atoms with Crippen LogP contribution in [-0.2, 0) is 6.42 Å². The highest BCUT2D eigenvalue weighted by molar-refractivity contribution is 5.49. The molecule has 2 rings (SSSR count). The van der Waals surface area contributed by atoms with Crippen molar-refractivity contribution in [3.8, 4) is 11.5 Å². The van der Waals surface area contributed by atoms with E-state index in [-0.39, 0.29) is 11.8 Å². The van der Waals surface area contributed by atoms with Gasteiger partial charge in [-0.2, -0.15) is 0 Å². The maximum Gasteiger partial charge on any atom is 0.122 e. The molecule has 0 bridgehead atoms. The van der Waals surface area contributed by atoms with Crippen LogP contribution in [-0.4, -0.2) is 10.2 Å². The summed E-state index contributed by atoms with van der Waals surface area (Å²) in [6.07, 6.45) is 0.807. The van der Waals surface area contributed by atoms with Gasteiger partial charge in [0.2, 0.25) is 0 Å². The molecular weight excluding hydrogens is 284 g/mol. The van der Waals surface area contributed by atoms with Crippen molar-refractivity contribution in [2.24, 2.45) is 0 Å². The van der Waals surface area contributed by atoms with Crippen LogP contribution in [0.4, 0.5) is 0 Å². The predicted molar refractivity (Wildman–Crippen MR) is 96.7 cm³/mol. The largest absolute Gasteiger partial charge is 0.507 e. The van der Waals surface area contributed by atoms with Gasteiger partial charge in [0.05, 0.1) is 0 Å². The molecule has 0 aliphatic rings. The number of benzene rings is 2. The average Bonchev–Trinajstić information content (AvgIpc) is 2.45. The standard InChI is InChI=1S/C21H28O2/c1-12(2)18-10-17(11-19(13(3)4)21(18)23)9-16-7-14(5)20(22)15(6)8-16/h7-8,10-13,22-23H,9H2,1-6H3. The second-order valence-corrected chi connectivity index (χ2v) is 7.19. The minimum atomic E-state index is 0.288. The van der Waals surface area contributed by atoms with E-state index in [0.29, 0.717) is 11.5 Å². The maximum atomic E-state index is 10.5. The quantitative estimate of drug-likeness (QED) is 0.776. The van der Waals surface area contributed by atoms with E-state index in [4.69, 9.17) is 0 Å². The number of aromatic hydroxyl groups is 2. The summed E-state index contributed by atoms with van der Waals surface area (Å²) in [7, 11) is 0. The Balaban J connectivity index is 2.48. The van der Waals surface area contributed by atoms with E-state index in [1.807, 2.05) is 26.0 Å². The van der Waals surface area contributed by atoms with Crippen LogP contribution < -0.4 is 0 Å². The maximum absolute atomic E-state index is 10.5. The second kappa shape index (κ2) is 6.66. The van der Waals surface area contributed by atoms with Crippen LogP contribution in [0.1, 0.15) is 72.9 Å². The number of aryl methyl sites for hydroxylation is 2. The molecular formula is C21H28O2. The van der Waals surface area contributed by atoms with E-state index in [1.165, 1.54) is 11.1 Å². The number of phenols is 2. The Labute approximate surface area is 139 Å². The fraction of sp³-hybridized carbons (Fsp3) is 0.429. The van der Waals surface area contributed by atoms with Crippen LogP contribution in [0.25, 0.3) is 0 Å². The van der Waals surface area contributed by atoms with Crippen molar-refractivity contribution in [1.82, 2.24) is 0 Å². The summed E-state index contributed by atoms with van der Waals surface area (Å²) >= 11 is 0. The molecule has 0 aromatic heterocycles. The molecule has 0 atom stereocenters. The summed E-state index contributed by atoms with van der Waals surface area (Å²) in [5.41, 5.74) is 6.24. The van der Waals surface area contributed by atoms with Crippen LogP contribution in [0.2, 0.25) is 0 Å². The first kappa shape index (κ1) is 17.4. The topological polar surface area (TPSA) is 40.5 Å². The molecule has 0 amide bonds. The summed E-state index contributed by atoms with van der Waals surface area (Å²) < 4.78 is 0. The Morgan fingerprint density at radius 2 is 1.09 bits per heavy atom. The van der Waals surface area contributed by atoms with Crippen molar-refractivity contribution in [3.05, 3.63) is 57.6 Å². The molecule has 0 fully saturated rings. The molecule has 2 heteroatoms. The predicted octanol–water partition coefficient (Wildman–Crippen LogP) is 5.55. The van der Waals surface area contributed by atoms with Crippen molar-refractivity contribution in [2.75, 3.05) is 0 Å². The molecule has 2 aromatic rings. The van der Waals surface area contributed by atoms with Crippen molar-refractivity contribution < 1.29 is 10.2 Å². The third-order valence-electron chi connectivity index (χ3n) is 4.43. The molecule has 2 aromatic carbocycles. The van der Waals surface area contributed by atoms with Crippen molar-refractivity contribution in [2.45, 2.75) is 59.8 Å². The van der Waals surface area contributed by atoms with Crippen molar-refractivity contribution in [1.29, 1.82) is 0 Å². The third kappa shape index (κ3) is 3.69. The van der Waals surface area contributed by atoms with Gasteiger partial charge in [-0.15, -0.1) is 0 Å². The van der Waals surface area contributed by atoms with Gasteiger partial charge in [0.1, 0.15) is 11.5 Å². The summed E-state index contributed by atoms with van der Waals surface area (Å²) in [4.78, 5) is 0. The van der Waals surface area contributed by atoms with Gasteiger partial charge in [-0.1, -0.05) is 52.0 Å². The van der Waals surface area contributed by atoms with Gasteiger partial charge in [-0.3, -0.25) is 0 Å². The molecule has 0 aliphatic heterocycles. The highest BCUT2D eigenvalue weighted by Crippen LogP contribution is 2.35. The van der Waals surface area contributed by atoms with E-state index < -0.39 is 0 Å². The Kier molecular flexibility index (Phi) is 5.03. The lowest BCUT2D eigenvalue weighted by atomic mass is 9.89. The van der Waals surface area contributed by atoms with Crippen LogP contribution in [0.5, 0.6) is 11.5 Å². The minimum absolute atomic E-state index is 0.288. The number of phenolic OH excluding ortho intramolecular Hbond substituents is 2. The van der Waals surface area contributed by atoms with Gasteiger partial charge in [-0.25, -0.2) is 0 Å². The molecule has 0 spiro atoms. The Morgan fingerprint density at radius 3 is 1.48 bits per heavy atom. The van der Waals surface area contributed by atoms with Crippen molar-refractivity contribution in [3.63, 3.8) is 0 Å². The average molecular weight is 312 g/mol. The van der Waals surface area contributed by atoms with Gasteiger partial charge in [0, 0.05) is 0 Å². The Hall–Kier alpha value is -1.96. The highest BCUT2D eigenvalue weighted by atomic mass is 16.3. The van der Waals surface area contributed by atoms with Crippen LogP contribution in [0.3, 0.4) is 0 Å². The molecule has 23 heavy (non-hydrogen) atoms. The van der Waals surface area contributed by atoms with E-state index in [2.05, 4.69) is 39.8 Å². The summed E-state index contributed by atoms with van der Waals surface area (Å²) in [6, 6.07) is 8.31. The van der Waals surface area contributed by atoms with Crippen molar-refractivity contribution >= 4 is 0 Å². The highest BCUT2D eigenvalue weighted by Gasteiger charge is 2.15. The Morgan fingerprint density at radius 1 is 0.696 bits per heavy atom. The van der Waals surface area contributed by atoms with E-state index in [1.54, 1.807) is 0 Å². The van der Waals surface area contributed by atoms with Gasteiger partial charge in [0.25, 0.3) is 0 Å². The lowest BCUT2D eigenvalue weighted by Crippen LogP contribution is -2.00. The summed E-state index contributed by atoms with van der Waals surface area (Å²) in [6.45, 7) is 12.3. The lowest BCUT2D eigenvalue weighted by molar-refractivity contribution is 0.454. The van der Waals surface area contributed by atoms with Gasteiger partial charge in [0.15, 0.2) is 0 Å². The number of rotatable bonds is 4. The van der Waals surface area contributed by atoms with E-state index in [0.717, 1.165) is 28.7 Å². The Bertz CT molecular complexity index is 660. The summed E-state index contributed by atoms with van der Waals surface area (Å²) in [5.74, 6) is 1.40. The minimum Gasteiger partial charge on any atom is -0.507 e. The first-order chi connectivity index (χ1) is 10.7. The zero-order valence-corrected chi connectivity index (χ0v) is 15.1. The van der Waals surface area contributed by atoms with Gasteiger partial charge in [-0.05, 0) is 65.5 Å². The fourth-order valence-electron chi connectivity index (χ4n) is 3.11. The molecule has 2 nitrogen and oxygen atoms in total. The second-order valence-electron chi connectivity index (χ2n) is 7.19. The van der Waals surface area contributed by atoms with Gasteiger partial charge < -0.3 is 10.2 Å².